The second kappa shape index (κ2) is 5.77. The summed E-state index contributed by atoms with van der Waals surface area (Å²) in [5.74, 6) is 0.954. The quantitative estimate of drug-likeness (QED) is 0.782. The fraction of sp³-hybridized carbons (Fsp3) is 0.538. The molecule has 1 aromatic rings. The van der Waals surface area contributed by atoms with Gasteiger partial charge in [-0.05, 0) is 17.0 Å². The Morgan fingerprint density at radius 3 is 2.71 bits per heavy atom. The lowest BCUT2D eigenvalue weighted by Crippen LogP contribution is -2.41. The number of nitrogens with two attached hydrogens (primary N) is 1. The first-order chi connectivity index (χ1) is 8.08. The second-order valence-corrected chi connectivity index (χ2v) is 4.23. The fourth-order valence-electron chi connectivity index (χ4n) is 1.65. The molecular formula is C13H21N3O. The van der Waals surface area contributed by atoms with Crippen LogP contribution in [0.15, 0.2) is 12.3 Å². The van der Waals surface area contributed by atoms with Crippen molar-refractivity contribution in [2.75, 3.05) is 5.32 Å². The molecule has 4 heteroatoms. The van der Waals surface area contributed by atoms with E-state index in [1.54, 1.807) is 6.20 Å². The number of nitrogens with one attached hydrogen (secondary N) is 1. The molecule has 0 saturated carbocycles. The maximum absolute atomic E-state index is 11.3. The number of anilines is 1. The van der Waals surface area contributed by atoms with Gasteiger partial charge < -0.3 is 11.1 Å². The molecule has 0 bridgehead atoms. The van der Waals surface area contributed by atoms with Crippen LogP contribution >= 0.6 is 0 Å². The van der Waals surface area contributed by atoms with Crippen LogP contribution in [0, 0.1) is 0 Å². The molecule has 1 aromatic heterocycles. The smallest absolute Gasteiger partial charge is 0.242 e. The lowest BCUT2D eigenvalue weighted by atomic mass is 9.97. The number of rotatable bonds is 1. The van der Waals surface area contributed by atoms with Gasteiger partial charge in [-0.15, -0.1) is 0 Å². The van der Waals surface area contributed by atoms with Gasteiger partial charge in [0.1, 0.15) is 5.82 Å². The highest BCUT2D eigenvalue weighted by Crippen LogP contribution is 2.23. The molecule has 17 heavy (non-hydrogen) atoms. The van der Waals surface area contributed by atoms with Crippen molar-refractivity contribution in [1.29, 1.82) is 0 Å². The molecule has 2 heterocycles. The first-order valence-electron chi connectivity index (χ1n) is 6.13. The van der Waals surface area contributed by atoms with E-state index in [4.69, 9.17) is 5.73 Å². The van der Waals surface area contributed by atoms with Gasteiger partial charge in [-0.2, -0.15) is 0 Å². The second-order valence-electron chi connectivity index (χ2n) is 4.23. The van der Waals surface area contributed by atoms with E-state index in [0.717, 1.165) is 5.56 Å². The molecule has 0 spiro atoms. The maximum atomic E-state index is 11.3. The Hall–Kier alpha value is -1.42. The van der Waals surface area contributed by atoms with Gasteiger partial charge in [0.05, 0.1) is 6.04 Å². The zero-order valence-electron chi connectivity index (χ0n) is 10.9. The van der Waals surface area contributed by atoms with Crippen molar-refractivity contribution < 1.29 is 4.79 Å². The van der Waals surface area contributed by atoms with E-state index in [0.29, 0.717) is 18.2 Å². The summed E-state index contributed by atoms with van der Waals surface area (Å²) in [4.78, 5) is 15.5. The molecular weight excluding hydrogens is 214 g/mol. The minimum Gasteiger partial charge on any atom is -0.320 e. The van der Waals surface area contributed by atoms with Crippen LogP contribution in [-0.4, -0.2) is 16.9 Å². The zero-order valence-corrected chi connectivity index (χ0v) is 10.9. The summed E-state index contributed by atoms with van der Waals surface area (Å²) < 4.78 is 0. The largest absolute Gasteiger partial charge is 0.320 e. The molecule has 0 aliphatic carbocycles. The summed E-state index contributed by atoms with van der Waals surface area (Å²) in [7, 11) is 0. The average molecular weight is 235 g/mol. The van der Waals surface area contributed by atoms with Crippen LogP contribution in [0.25, 0.3) is 0 Å². The van der Waals surface area contributed by atoms with E-state index in [2.05, 4.69) is 30.2 Å². The number of fused-ring (bicyclic) bond motifs is 1. The van der Waals surface area contributed by atoms with E-state index < -0.39 is 6.04 Å². The van der Waals surface area contributed by atoms with Crippen LogP contribution in [0.2, 0.25) is 0 Å². The molecule has 3 N–H and O–H groups in total. The van der Waals surface area contributed by atoms with Crippen LogP contribution in [0.4, 0.5) is 5.82 Å². The fourth-order valence-corrected chi connectivity index (χ4v) is 1.65. The third kappa shape index (κ3) is 3.03. The van der Waals surface area contributed by atoms with Crippen LogP contribution in [0.1, 0.15) is 44.7 Å². The van der Waals surface area contributed by atoms with Gasteiger partial charge in [-0.25, -0.2) is 4.98 Å². The molecule has 1 aliphatic heterocycles. The molecule has 2 rings (SSSR count). The first kappa shape index (κ1) is 13.6. The molecule has 4 nitrogen and oxygen atoms in total. The van der Waals surface area contributed by atoms with Crippen LogP contribution in [0.3, 0.4) is 0 Å². The monoisotopic (exact) mass is 235 g/mol. The van der Waals surface area contributed by atoms with Crippen molar-refractivity contribution in [2.45, 2.75) is 46.1 Å². The van der Waals surface area contributed by atoms with Gasteiger partial charge in [0.15, 0.2) is 0 Å². The summed E-state index contributed by atoms with van der Waals surface area (Å²) >= 11 is 0. The molecule has 0 radical (unpaired) electrons. The maximum Gasteiger partial charge on any atom is 0.242 e. The molecule has 0 fully saturated rings. The normalized spacial score (nSPS) is 18.0. The molecule has 1 unspecified atom stereocenters. The Labute approximate surface area is 103 Å². The molecule has 0 saturated heterocycles. The summed E-state index contributed by atoms with van der Waals surface area (Å²) in [5, 5.41) is 2.70. The highest BCUT2D eigenvalue weighted by molar-refractivity contribution is 5.96. The lowest BCUT2D eigenvalue weighted by molar-refractivity contribution is -0.117. The van der Waals surface area contributed by atoms with Gasteiger partial charge in [-0.1, -0.05) is 33.8 Å². The summed E-state index contributed by atoms with van der Waals surface area (Å²) in [5.41, 5.74) is 7.89. The summed E-state index contributed by atoms with van der Waals surface area (Å²) in [6.07, 6.45) is 2.38. The van der Waals surface area contributed by atoms with E-state index in [1.807, 2.05) is 13.8 Å². The standard InChI is InChI=1S/C11H15N3O.C2H6/c1-6(2)8-3-7-4-9(12)11(15)14-10(7)13-5-8;1-2/h3,5-6,9H,4,12H2,1-2H3,(H,13,14,15);1-2H3. The summed E-state index contributed by atoms with van der Waals surface area (Å²) in [6.45, 7) is 8.23. The highest BCUT2D eigenvalue weighted by atomic mass is 16.2. The number of carbonyl (C=O) groups excluding carboxylic acids is 1. The van der Waals surface area contributed by atoms with E-state index in [1.165, 1.54) is 5.56 Å². The molecule has 1 atom stereocenters. The Morgan fingerprint density at radius 1 is 1.47 bits per heavy atom. The van der Waals surface area contributed by atoms with Gasteiger partial charge >= 0.3 is 0 Å². The van der Waals surface area contributed by atoms with Crippen molar-refractivity contribution >= 4 is 11.7 Å². The average Bonchev–Trinajstić information content (AvgIpc) is 2.32. The number of hydrogen-bond donors (Lipinski definition) is 2. The summed E-state index contributed by atoms with van der Waals surface area (Å²) in [6, 6.07) is 1.63. The number of carbonyl (C=O) groups is 1. The van der Waals surface area contributed by atoms with Gasteiger partial charge in [0, 0.05) is 12.6 Å². The molecule has 1 aliphatic rings. The highest BCUT2D eigenvalue weighted by Gasteiger charge is 2.23. The predicted molar refractivity (Wildman–Crippen MR) is 70.0 cm³/mol. The molecule has 0 aromatic carbocycles. The third-order valence-corrected chi connectivity index (χ3v) is 2.67. The zero-order chi connectivity index (χ0) is 13.0. The minimum atomic E-state index is -0.443. The number of pyridine rings is 1. The van der Waals surface area contributed by atoms with Crippen molar-refractivity contribution in [2.24, 2.45) is 5.73 Å². The van der Waals surface area contributed by atoms with Crippen molar-refractivity contribution in [3.63, 3.8) is 0 Å². The number of nitrogens with zero attached hydrogens (tertiary/aromatic N) is 1. The Bertz CT molecular complexity index is 402. The lowest BCUT2D eigenvalue weighted by Gasteiger charge is -2.21. The predicted octanol–water partition coefficient (Wildman–Crippen LogP) is 2.05. The van der Waals surface area contributed by atoms with Crippen molar-refractivity contribution in [3.8, 4) is 0 Å². The third-order valence-electron chi connectivity index (χ3n) is 2.67. The SMILES string of the molecule is CC.CC(C)c1cnc2c(c1)CC(N)C(=O)N2. The van der Waals surface area contributed by atoms with Crippen molar-refractivity contribution in [3.05, 3.63) is 23.4 Å². The van der Waals surface area contributed by atoms with Crippen LogP contribution in [-0.2, 0) is 11.2 Å². The Balaban J connectivity index is 0.000000686. The van der Waals surface area contributed by atoms with Crippen LogP contribution < -0.4 is 11.1 Å². The van der Waals surface area contributed by atoms with E-state index >= 15 is 0 Å². The van der Waals surface area contributed by atoms with E-state index in [9.17, 15) is 4.79 Å². The van der Waals surface area contributed by atoms with E-state index in [-0.39, 0.29) is 5.91 Å². The molecule has 94 valence electrons. The number of aromatic nitrogens is 1. The number of hydrogen-bond acceptors (Lipinski definition) is 3. The Kier molecular flexibility index (Phi) is 4.63. The first-order valence-corrected chi connectivity index (χ1v) is 6.13. The topological polar surface area (TPSA) is 68.0 Å². The van der Waals surface area contributed by atoms with Gasteiger partial charge in [0.25, 0.3) is 0 Å². The van der Waals surface area contributed by atoms with Crippen molar-refractivity contribution in [1.82, 2.24) is 4.98 Å². The Morgan fingerprint density at radius 2 is 2.12 bits per heavy atom. The van der Waals surface area contributed by atoms with Crippen LogP contribution in [0.5, 0.6) is 0 Å². The number of amides is 1. The minimum absolute atomic E-state index is 0.146. The van der Waals surface area contributed by atoms with Gasteiger partial charge in [-0.3, -0.25) is 4.79 Å². The van der Waals surface area contributed by atoms with Gasteiger partial charge in [0.2, 0.25) is 5.91 Å². The molecule has 1 amide bonds.